The van der Waals surface area contributed by atoms with Crippen LogP contribution in [0.2, 0.25) is 0 Å². The van der Waals surface area contributed by atoms with Crippen molar-refractivity contribution in [3.05, 3.63) is 83.7 Å². The Morgan fingerprint density at radius 2 is 1.80 bits per heavy atom. The van der Waals surface area contributed by atoms with Crippen molar-refractivity contribution in [2.24, 2.45) is 23.7 Å². The lowest BCUT2D eigenvalue weighted by Crippen LogP contribution is -2.20. The van der Waals surface area contributed by atoms with E-state index < -0.39 is 0 Å². The molecular formula is C28H34N2. The Morgan fingerprint density at radius 3 is 2.43 bits per heavy atom. The Kier molecular flexibility index (Phi) is 5.94. The van der Waals surface area contributed by atoms with Gasteiger partial charge >= 0.3 is 0 Å². The molecule has 2 nitrogen and oxygen atoms in total. The maximum atomic E-state index is 4.75. The van der Waals surface area contributed by atoms with Gasteiger partial charge in [0.25, 0.3) is 0 Å². The third kappa shape index (κ3) is 4.01. The average molecular weight is 399 g/mol. The van der Waals surface area contributed by atoms with Gasteiger partial charge in [-0.15, -0.1) is 0 Å². The summed E-state index contributed by atoms with van der Waals surface area (Å²) < 4.78 is 2.33. The van der Waals surface area contributed by atoms with Crippen LogP contribution < -0.4 is 0 Å². The van der Waals surface area contributed by atoms with Crippen LogP contribution in [0.15, 0.2) is 83.7 Å². The molecule has 1 heterocycles. The maximum Gasteiger partial charge on any atom is 0.144 e. The van der Waals surface area contributed by atoms with E-state index in [0.29, 0.717) is 23.7 Å². The Morgan fingerprint density at radius 1 is 1.03 bits per heavy atom. The molecule has 0 saturated carbocycles. The normalized spacial score (nSPS) is 22.0. The van der Waals surface area contributed by atoms with Crippen molar-refractivity contribution < 1.29 is 0 Å². The molecule has 0 amide bonds. The quantitative estimate of drug-likeness (QED) is 0.508. The van der Waals surface area contributed by atoms with Gasteiger partial charge in [0.05, 0.1) is 0 Å². The molecule has 2 heteroatoms. The molecule has 1 aromatic heterocycles. The van der Waals surface area contributed by atoms with Crippen LogP contribution in [0.1, 0.15) is 47.5 Å². The van der Waals surface area contributed by atoms with E-state index in [-0.39, 0.29) is 0 Å². The first-order valence-corrected chi connectivity index (χ1v) is 11.4. The molecule has 156 valence electrons. The molecule has 0 radical (unpaired) electrons. The molecule has 2 atom stereocenters. The molecule has 0 saturated heterocycles. The van der Waals surface area contributed by atoms with Gasteiger partial charge in [-0.05, 0) is 47.3 Å². The molecule has 0 aliphatic heterocycles. The van der Waals surface area contributed by atoms with E-state index in [1.54, 1.807) is 0 Å². The molecule has 30 heavy (non-hydrogen) atoms. The second-order valence-corrected chi connectivity index (χ2v) is 9.38. The summed E-state index contributed by atoms with van der Waals surface area (Å²) >= 11 is 0. The minimum Gasteiger partial charge on any atom is -0.300 e. The summed E-state index contributed by atoms with van der Waals surface area (Å²) in [5.74, 6) is 3.09. The van der Waals surface area contributed by atoms with E-state index in [1.165, 1.54) is 22.4 Å². The highest BCUT2D eigenvalue weighted by Crippen LogP contribution is 2.43. The van der Waals surface area contributed by atoms with Crippen LogP contribution >= 0.6 is 0 Å². The summed E-state index contributed by atoms with van der Waals surface area (Å²) in [6, 6.07) is 10.5. The third-order valence-electron chi connectivity index (χ3n) is 6.40. The van der Waals surface area contributed by atoms with E-state index in [9.17, 15) is 0 Å². The number of imidazole rings is 1. The molecular weight excluding hydrogens is 364 g/mol. The molecule has 0 N–H and O–H groups in total. The molecule has 2 aliphatic carbocycles. The predicted octanol–water partition coefficient (Wildman–Crippen LogP) is 7.54. The number of nitrogens with zero attached hydrogens (tertiary/aromatic N) is 2. The zero-order chi connectivity index (χ0) is 21.3. The SMILES string of the molecule is CC1C=CC(C2C=C(C(C)C)C(n3ccnc3-c3ccccc3)=C(C(C)C)C2)=CC1. The molecule has 0 bridgehead atoms. The van der Waals surface area contributed by atoms with E-state index in [4.69, 9.17) is 4.98 Å². The van der Waals surface area contributed by atoms with Crippen molar-refractivity contribution >= 4 is 5.70 Å². The van der Waals surface area contributed by atoms with E-state index in [0.717, 1.165) is 24.2 Å². The summed E-state index contributed by atoms with van der Waals surface area (Å²) in [5.41, 5.74) is 6.99. The van der Waals surface area contributed by atoms with Crippen LogP contribution in [-0.2, 0) is 0 Å². The third-order valence-corrected chi connectivity index (χ3v) is 6.40. The summed E-state index contributed by atoms with van der Waals surface area (Å²) in [6.45, 7) is 11.6. The van der Waals surface area contributed by atoms with Crippen LogP contribution in [0.5, 0.6) is 0 Å². The zero-order valence-corrected chi connectivity index (χ0v) is 19.0. The first-order valence-electron chi connectivity index (χ1n) is 11.4. The van der Waals surface area contributed by atoms with E-state index in [1.807, 2.05) is 6.20 Å². The fraction of sp³-hybridized carbons (Fsp3) is 0.393. The highest BCUT2D eigenvalue weighted by atomic mass is 15.1. The van der Waals surface area contributed by atoms with Gasteiger partial charge in [0.2, 0.25) is 0 Å². The predicted molar refractivity (Wildman–Crippen MR) is 128 cm³/mol. The second-order valence-electron chi connectivity index (χ2n) is 9.38. The van der Waals surface area contributed by atoms with Crippen LogP contribution in [-0.4, -0.2) is 9.55 Å². The number of aromatic nitrogens is 2. The smallest absolute Gasteiger partial charge is 0.144 e. The Balaban J connectivity index is 1.82. The second kappa shape index (κ2) is 8.63. The fourth-order valence-corrected chi connectivity index (χ4v) is 4.66. The standard InChI is InChI=1S/C28H34N2/c1-19(2)25-17-24(22-13-11-21(5)12-14-22)18-26(20(3)4)27(25)30-16-15-29-28(30)23-9-7-6-8-10-23/h6-11,13-17,19-21,24H,12,18H2,1-5H3. The van der Waals surface area contributed by atoms with Crippen molar-refractivity contribution in [2.45, 2.75) is 47.5 Å². The number of rotatable bonds is 5. The lowest BCUT2D eigenvalue weighted by atomic mass is 9.76. The van der Waals surface area contributed by atoms with Gasteiger partial charge in [0, 0.05) is 29.6 Å². The number of hydrogen-bond donors (Lipinski definition) is 0. The van der Waals surface area contributed by atoms with Gasteiger partial charge in [-0.1, -0.05) is 89.3 Å². The zero-order valence-electron chi connectivity index (χ0n) is 19.0. The van der Waals surface area contributed by atoms with E-state index >= 15 is 0 Å². The molecule has 4 rings (SSSR count). The molecule has 2 aliphatic rings. The first-order chi connectivity index (χ1) is 14.5. The Hall–Kier alpha value is -2.61. The highest BCUT2D eigenvalue weighted by Gasteiger charge is 2.29. The van der Waals surface area contributed by atoms with Crippen molar-refractivity contribution in [1.82, 2.24) is 9.55 Å². The van der Waals surface area contributed by atoms with Gasteiger partial charge in [-0.2, -0.15) is 0 Å². The lowest BCUT2D eigenvalue weighted by molar-refractivity contribution is 0.612. The van der Waals surface area contributed by atoms with Crippen molar-refractivity contribution in [3.63, 3.8) is 0 Å². The topological polar surface area (TPSA) is 17.8 Å². The largest absolute Gasteiger partial charge is 0.300 e. The minimum absolute atomic E-state index is 0.453. The number of allylic oxidation sites excluding steroid dienone is 8. The summed E-state index contributed by atoms with van der Waals surface area (Å²) in [6.07, 6.45) is 16.0. The first kappa shape index (κ1) is 20.7. The monoisotopic (exact) mass is 398 g/mol. The summed E-state index contributed by atoms with van der Waals surface area (Å²) in [7, 11) is 0. The van der Waals surface area contributed by atoms with Gasteiger partial charge < -0.3 is 0 Å². The molecule has 1 aromatic carbocycles. The Labute approximate surface area is 181 Å². The highest BCUT2D eigenvalue weighted by molar-refractivity contribution is 5.75. The molecule has 0 spiro atoms. The van der Waals surface area contributed by atoms with Crippen LogP contribution in [0.4, 0.5) is 0 Å². The lowest BCUT2D eigenvalue weighted by Gasteiger charge is -2.33. The summed E-state index contributed by atoms with van der Waals surface area (Å²) in [4.78, 5) is 4.75. The summed E-state index contributed by atoms with van der Waals surface area (Å²) in [5, 5.41) is 0. The number of hydrogen-bond acceptors (Lipinski definition) is 1. The van der Waals surface area contributed by atoms with Crippen LogP contribution in [0.3, 0.4) is 0 Å². The fourth-order valence-electron chi connectivity index (χ4n) is 4.66. The van der Waals surface area contributed by atoms with Crippen molar-refractivity contribution in [3.8, 4) is 11.4 Å². The average Bonchev–Trinajstić information content (AvgIpc) is 3.23. The van der Waals surface area contributed by atoms with E-state index in [2.05, 4.69) is 100 Å². The van der Waals surface area contributed by atoms with Crippen LogP contribution in [0.25, 0.3) is 17.1 Å². The van der Waals surface area contributed by atoms with Crippen molar-refractivity contribution in [1.29, 1.82) is 0 Å². The van der Waals surface area contributed by atoms with Gasteiger partial charge in [0.15, 0.2) is 0 Å². The number of benzene rings is 1. The Bertz CT molecular complexity index is 1010. The van der Waals surface area contributed by atoms with Gasteiger partial charge in [0.1, 0.15) is 5.82 Å². The van der Waals surface area contributed by atoms with Gasteiger partial charge in [-0.25, -0.2) is 4.98 Å². The molecule has 2 unspecified atom stereocenters. The molecule has 0 fully saturated rings. The molecule has 2 aromatic rings. The van der Waals surface area contributed by atoms with Crippen LogP contribution in [0, 0.1) is 23.7 Å². The maximum absolute atomic E-state index is 4.75. The van der Waals surface area contributed by atoms with Crippen molar-refractivity contribution in [2.75, 3.05) is 0 Å². The van der Waals surface area contributed by atoms with Gasteiger partial charge in [-0.3, -0.25) is 4.57 Å². The minimum atomic E-state index is 0.453.